The lowest BCUT2D eigenvalue weighted by Gasteiger charge is -2.12. The maximum atomic E-state index is 4.11. The molecule has 0 aliphatic carbocycles. The molecule has 0 bridgehead atoms. The molecule has 0 aliphatic heterocycles. The van der Waals surface area contributed by atoms with Gasteiger partial charge in [-0.3, -0.25) is 0 Å². The molecule has 0 amide bonds. The first-order chi connectivity index (χ1) is 9.22. The highest BCUT2D eigenvalue weighted by atomic mass is 15.5. The molecule has 102 valence electrons. The molecule has 1 heterocycles. The summed E-state index contributed by atoms with van der Waals surface area (Å²) in [4.78, 5) is 0. The Hall–Kier alpha value is -1.75. The minimum Gasteiger partial charge on any atom is -0.308 e. The van der Waals surface area contributed by atoms with Gasteiger partial charge in [0.1, 0.15) is 0 Å². The highest BCUT2D eigenvalue weighted by molar-refractivity contribution is 5.25. The quantitative estimate of drug-likeness (QED) is 0.860. The SMILES string of the molecule is CCNC(C)c1nnnn1CCc1ccccc1C. The zero-order chi connectivity index (χ0) is 13.7. The predicted molar refractivity (Wildman–Crippen MR) is 74.8 cm³/mol. The molecule has 1 N–H and O–H groups in total. The number of hydrogen-bond donors (Lipinski definition) is 1. The zero-order valence-electron chi connectivity index (χ0n) is 11.8. The van der Waals surface area contributed by atoms with Gasteiger partial charge in [0.05, 0.1) is 6.04 Å². The van der Waals surface area contributed by atoms with Crippen molar-refractivity contribution in [2.75, 3.05) is 6.54 Å². The van der Waals surface area contributed by atoms with Crippen LogP contribution in [0.15, 0.2) is 24.3 Å². The van der Waals surface area contributed by atoms with Crippen molar-refractivity contribution in [1.82, 2.24) is 25.5 Å². The van der Waals surface area contributed by atoms with E-state index in [4.69, 9.17) is 0 Å². The molecule has 0 saturated carbocycles. The summed E-state index contributed by atoms with van der Waals surface area (Å²) in [5.74, 6) is 0.899. The van der Waals surface area contributed by atoms with Crippen molar-refractivity contribution in [2.45, 2.75) is 39.8 Å². The first-order valence-electron chi connectivity index (χ1n) is 6.76. The third kappa shape index (κ3) is 3.38. The largest absolute Gasteiger partial charge is 0.308 e. The Morgan fingerprint density at radius 2 is 2.11 bits per heavy atom. The Morgan fingerprint density at radius 1 is 1.32 bits per heavy atom. The summed E-state index contributed by atoms with van der Waals surface area (Å²) >= 11 is 0. The lowest BCUT2D eigenvalue weighted by Crippen LogP contribution is -2.22. The first kappa shape index (κ1) is 13.7. The van der Waals surface area contributed by atoms with Crippen molar-refractivity contribution in [1.29, 1.82) is 0 Å². The van der Waals surface area contributed by atoms with Crippen LogP contribution >= 0.6 is 0 Å². The first-order valence-corrected chi connectivity index (χ1v) is 6.76. The van der Waals surface area contributed by atoms with Crippen LogP contribution in [0, 0.1) is 6.92 Å². The second-order valence-corrected chi connectivity index (χ2v) is 4.72. The summed E-state index contributed by atoms with van der Waals surface area (Å²) in [6.07, 6.45) is 0.948. The molecule has 0 spiro atoms. The molecule has 0 saturated heterocycles. The van der Waals surface area contributed by atoms with Crippen LogP contribution in [-0.2, 0) is 13.0 Å². The molecule has 1 aromatic carbocycles. The number of aromatic nitrogens is 4. The maximum absolute atomic E-state index is 4.11. The van der Waals surface area contributed by atoms with Crippen LogP contribution in [0.5, 0.6) is 0 Å². The van der Waals surface area contributed by atoms with E-state index in [1.165, 1.54) is 11.1 Å². The summed E-state index contributed by atoms with van der Waals surface area (Å²) < 4.78 is 1.89. The highest BCUT2D eigenvalue weighted by Crippen LogP contribution is 2.11. The number of hydrogen-bond acceptors (Lipinski definition) is 4. The van der Waals surface area contributed by atoms with E-state index < -0.39 is 0 Å². The predicted octanol–water partition coefficient (Wildman–Crippen LogP) is 1.89. The maximum Gasteiger partial charge on any atom is 0.167 e. The van der Waals surface area contributed by atoms with Gasteiger partial charge in [0.2, 0.25) is 0 Å². The van der Waals surface area contributed by atoms with Gasteiger partial charge in [0, 0.05) is 6.54 Å². The Morgan fingerprint density at radius 3 is 2.84 bits per heavy atom. The van der Waals surface area contributed by atoms with Gasteiger partial charge in [-0.05, 0) is 48.4 Å². The third-order valence-corrected chi connectivity index (χ3v) is 3.31. The van der Waals surface area contributed by atoms with E-state index in [-0.39, 0.29) is 6.04 Å². The number of nitrogens with one attached hydrogen (secondary N) is 1. The fourth-order valence-corrected chi connectivity index (χ4v) is 2.20. The van der Waals surface area contributed by atoms with Crippen LogP contribution in [0.3, 0.4) is 0 Å². The Labute approximate surface area is 114 Å². The average molecular weight is 259 g/mol. The van der Waals surface area contributed by atoms with Crippen LogP contribution in [0.4, 0.5) is 0 Å². The van der Waals surface area contributed by atoms with Crippen molar-refractivity contribution >= 4 is 0 Å². The molecule has 2 rings (SSSR count). The summed E-state index contributed by atoms with van der Waals surface area (Å²) in [5.41, 5.74) is 2.66. The standard InChI is InChI=1S/C14H21N5/c1-4-15-12(3)14-16-17-18-19(14)10-9-13-8-6-5-7-11(13)2/h5-8,12,15H,4,9-10H2,1-3H3. The molecule has 1 unspecified atom stereocenters. The van der Waals surface area contributed by atoms with Crippen molar-refractivity contribution in [3.8, 4) is 0 Å². The third-order valence-electron chi connectivity index (χ3n) is 3.31. The van der Waals surface area contributed by atoms with Crippen LogP contribution in [-0.4, -0.2) is 26.8 Å². The molecule has 1 atom stereocenters. The summed E-state index contributed by atoms with van der Waals surface area (Å²) in [6, 6.07) is 8.61. The van der Waals surface area contributed by atoms with Crippen LogP contribution in [0.1, 0.15) is 36.8 Å². The van der Waals surface area contributed by atoms with Crippen LogP contribution < -0.4 is 5.32 Å². The fraction of sp³-hybridized carbons (Fsp3) is 0.500. The van der Waals surface area contributed by atoms with Crippen molar-refractivity contribution in [2.24, 2.45) is 0 Å². The van der Waals surface area contributed by atoms with Gasteiger partial charge in [-0.25, -0.2) is 4.68 Å². The van der Waals surface area contributed by atoms with Gasteiger partial charge in [-0.2, -0.15) is 0 Å². The van der Waals surface area contributed by atoms with E-state index >= 15 is 0 Å². The molecule has 5 heteroatoms. The molecule has 0 fully saturated rings. The topological polar surface area (TPSA) is 55.6 Å². The molecule has 5 nitrogen and oxygen atoms in total. The molecule has 2 aromatic rings. The lowest BCUT2D eigenvalue weighted by molar-refractivity contribution is 0.495. The van der Waals surface area contributed by atoms with Gasteiger partial charge in [-0.15, -0.1) is 5.10 Å². The number of nitrogens with zero attached hydrogens (tertiary/aromatic N) is 4. The normalized spacial score (nSPS) is 12.6. The molecule has 19 heavy (non-hydrogen) atoms. The molecule has 0 radical (unpaired) electrons. The second kappa shape index (κ2) is 6.43. The average Bonchev–Trinajstić information content (AvgIpc) is 2.86. The lowest BCUT2D eigenvalue weighted by atomic mass is 10.1. The Bertz CT molecular complexity index is 520. The van der Waals surface area contributed by atoms with Crippen molar-refractivity contribution in [3.05, 3.63) is 41.2 Å². The van der Waals surface area contributed by atoms with Gasteiger partial charge in [-0.1, -0.05) is 31.2 Å². The Balaban J connectivity index is 2.04. The minimum atomic E-state index is 0.178. The highest BCUT2D eigenvalue weighted by Gasteiger charge is 2.13. The summed E-state index contributed by atoms with van der Waals surface area (Å²) in [5, 5.41) is 15.3. The number of aryl methyl sites for hydroxylation is 3. The van der Waals surface area contributed by atoms with E-state index in [0.717, 1.165) is 25.3 Å². The number of tetrazole rings is 1. The van der Waals surface area contributed by atoms with E-state index in [1.54, 1.807) is 0 Å². The van der Waals surface area contributed by atoms with Crippen molar-refractivity contribution in [3.63, 3.8) is 0 Å². The van der Waals surface area contributed by atoms with E-state index in [2.05, 4.69) is 65.9 Å². The summed E-state index contributed by atoms with van der Waals surface area (Å²) in [6.45, 7) is 8.02. The minimum absolute atomic E-state index is 0.178. The second-order valence-electron chi connectivity index (χ2n) is 4.72. The zero-order valence-corrected chi connectivity index (χ0v) is 11.8. The number of benzene rings is 1. The van der Waals surface area contributed by atoms with Gasteiger partial charge < -0.3 is 5.32 Å². The summed E-state index contributed by atoms with van der Waals surface area (Å²) in [7, 11) is 0. The van der Waals surface area contributed by atoms with E-state index in [9.17, 15) is 0 Å². The van der Waals surface area contributed by atoms with Gasteiger partial charge in [0.15, 0.2) is 5.82 Å². The van der Waals surface area contributed by atoms with Crippen molar-refractivity contribution < 1.29 is 0 Å². The fourth-order valence-electron chi connectivity index (χ4n) is 2.20. The smallest absolute Gasteiger partial charge is 0.167 e. The van der Waals surface area contributed by atoms with E-state index in [0.29, 0.717) is 0 Å². The van der Waals surface area contributed by atoms with Crippen LogP contribution in [0.2, 0.25) is 0 Å². The molecular formula is C14H21N5. The van der Waals surface area contributed by atoms with Crippen LogP contribution in [0.25, 0.3) is 0 Å². The number of rotatable bonds is 6. The molecule has 1 aromatic heterocycles. The Kier molecular flexibility index (Phi) is 4.63. The monoisotopic (exact) mass is 259 g/mol. The van der Waals surface area contributed by atoms with E-state index in [1.807, 2.05) is 4.68 Å². The molecule has 0 aliphatic rings. The van der Waals surface area contributed by atoms with Gasteiger partial charge in [0.25, 0.3) is 0 Å². The van der Waals surface area contributed by atoms with Gasteiger partial charge >= 0.3 is 0 Å². The molecular weight excluding hydrogens is 238 g/mol.